The van der Waals surface area contributed by atoms with Gasteiger partial charge in [0, 0.05) is 29.2 Å². The fourth-order valence-corrected chi connectivity index (χ4v) is 2.65. The maximum Gasteiger partial charge on any atom is 0.321 e. The number of aliphatic carboxylic acids is 1. The van der Waals surface area contributed by atoms with Crippen molar-refractivity contribution >= 4 is 33.6 Å². The van der Waals surface area contributed by atoms with Crippen LogP contribution >= 0.6 is 15.9 Å². The van der Waals surface area contributed by atoms with Crippen molar-refractivity contribution in [3.8, 4) is 0 Å². The van der Waals surface area contributed by atoms with Gasteiger partial charge in [-0.3, -0.25) is 4.79 Å². The molecule has 5 nitrogen and oxygen atoms in total. The van der Waals surface area contributed by atoms with Crippen LogP contribution < -0.4 is 5.32 Å². The number of carbonyl (C=O) groups excluding carboxylic acids is 1. The molecule has 2 rings (SSSR count). The Balaban J connectivity index is 1.94. The van der Waals surface area contributed by atoms with Crippen LogP contribution in [0.2, 0.25) is 0 Å². The Kier molecular flexibility index (Phi) is 4.56. The van der Waals surface area contributed by atoms with E-state index in [9.17, 15) is 9.59 Å². The number of anilines is 1. The molecule has 0 radical (unpaired) electrons. The summed E-state index contributed by atoms with van der Waals surface area (Å²) in [5.41, 5.74) is 2.88. The van der Waals surface area contributed by atoms with Gasteiger partial charge in [-0.15, -0.1) is 0 Å². The Morgan fingerprint density at radius 2 is 1.86 bits per heavy atom. The first kappa shape index (κ1) is 15.8. The molecule has 2 N–H and O–H groups in total. The lowest BCUT2D eigenvalue weighted by molar-refractivity contribution is -0.144. The fraction of sp³-hybridized carbons (Fsp3) is 0.467. The Bertz CT molecular complexity index is 559. The number of nitrogens with one attached hydrogen (secondary N) is 1. The molecule has 0 aromatic heterocycles. The van der Waals surface area contributed by atoms with Crippen LogP contribution in [0.5, 0.6) is 0 Å². The number of halogens is 1. The molecule has 1 fully saturated rings. The minimum atomic E-state index is -0.806. The van der Waals surface area contributed by atoms with Gasteiger partial charge in [0.2, 0.25) is 0 Å². The van der Waals surface area contributed by atoms with E-state index in [0.29, 0.717) is 13.1 Å². The van der Waals surface area contributed by atoms with E-state index in [2.05, 4.69) is 21.2 Å². The van der Waals surface area contributed by atoms with E-state index in [0.717, 1.165) is 21.3 Å². The molecule has 1 aromatic rings. The molecule has 6 heteroatoms. The molecule has 114 valence electrons. The number of aryl methyl sites for hydroxylation is 2. The van der Waals surface area contributed by atoms with Crippen molar-refractivity contribution in [2.45, 2.75) is 20.8 Å². The van der Waals surface area contributed by atoms with E-state index >= 15 is 0 Å². The zero-order valence-electron chi connectivity index (χ0n) is 12.3. The first-order valence-corrected chi connectivity index (χ1v) is 7.64. The van der Waals surface area contributed by atoms with Crippen LogP contribution in [0.25, 0.3) is 0 Å². The third kappa shape index (κ3) is 3.37. The molecule has 21 heavy (non-hydrogen) atoms. The zero-order chi connectivity index (χ0) is 15.7. The average molecular weight is 355 g/mol. The molecule has 1 aromatic carbocycles. The normalized spacial score (nSPS) is 16.3. The van der Waals surface area contributed by atoms with Crippen molar-refractivity contribution in [1.29, 1.82) is 0 Å². The van der Waals surface area contributed by atoms with E-state index < -0.39 is 11.9 Å². The van der Waals surface area contributed by atoms with Gasteiger partial charge in [0.05, 0.1) is 5.92 Å². The second-order valence-electron chi connectivity index (χ2n) is 5.65. The number of hydrogen-bond donors (Lipinski definition) is 2. The van der Waals surface area contributed by atoms with E-state index in [1.165, 1.54) is 0 Å². The summed E-state index contributed by atoms with van der Waals surface area (Å²) < 4.78 is 1.04. The Morgan fingerprint density at radius 1 is 1.33 bits per heavy atom. The number of carboxylic acids is 1. The highest BCUT2D eigenvalue weighted by molar-refractivity contribution is 9.10. The number of carbonyl (C=O) groups is 2. The van der Waals surface area contributed by atoms with Crippen molar-refractivity contribution in [3.63, 3.8) is 0 Å². The first-order chi connectivity index (χ1) is 9.79. The minimum Gasteiger partial charge on any atom is -0.481 e. The molecule has 1 atom stereocenters. The van der Waals surface area contributed by atoms with E-state index in [4.69, 9.17) is 5.11 Å². The number of carboxylic acid groups (broad SMARTS) is 1. The lowest BCUT2D eigenvalue weighted by Crippen LogP contribution is -2.54. The monoisotopic (exact) mass is 354 g/mol. The quantitative estimate of drug-likeness (QED) is 0.875. The molecule has 1 aliphatic rings. The Morgan fingerprint density at radius 3 is 2.33 bits per heavy atom. The average Bonchev–Trinajstić information content (AvgIpc) is 2.33. The summed E-state index contributed by atoms with van der Waals surface area (Å²) in [4.78, 5) is 24.6. The van der Waals surface area contributed by atoms with Crippen molar-refractivity contribution in [2.75, 3.05) is 18.4 Å². The number of likely N-dealkylation sites (tertiary alicyclic amines) is 1. The number of urea groups is 1. The predicted octanol–water partition coefficient (Wildman–Crippen LogP) is 3.25. The van der Waals surface area contributed by atoms with Crippen LogP contribution in [0.1, 0.15) is 18.1 Å². The molecule has 1 saturated heterocycles. The van der Waals surface area contributed by atoms with Crippen LogP contribution in [0.4, 0.5) is 10.5 Å². The molecule has 0 spiro atoms. The van der Waals surface area contributed by atoms with Gasteiger partial charge in [0.1, 0.15) is 0 Å². The summed E-state index contributed by atoms with van der Waals surface area (Å²) in [6.07, 6.45) is 0. The third-order valence-corrected chi connectivity index (χ3v) is 5.23. The highest BCUT2D eigenvalue weighted by Gasteiger charge is 2.37. The van der Waals surface area contributed by atoms with E-state index in [1.54, 1.807) is 11.8 Å². The van der Waals surface area contributed by atoms with Crippen LogP contribution in [0.3, 0.4) is 0 Å². The molecule has 0 saturated carbocycles. The summed E-state index contributed by atoms with van der Waals surface area (Å²) in [6, 6.07) is 3.64. The van der Waals surface area contributed by atoms with E-state index in [-0.39, 0.29) is 11.9 Å². The molecule has 1 unspecified atom stereocenters. The zero-order valence-corrected chi connectivity index (χ0v) is 13.9. The second-order valence-corrected chi connectivity index (χ2v) is 6.44. The highest BCUT2D eigenvalue weighted by atomic mass is 79.9. The van der Waals surface area contributed by atoms with Crippen LogP contribution in [0.15, 0.2) is 16.6 Å². The van der Waals surface area contributed by atoms with Crippen molar-refractivity contribution < 1.29 is 14.7 Å². The van der Waals surface area contributed by atoms with Gasteiger partial charge in [-0.25, -0.2) is 4.79 Å². The summed E-state index contributed by atoms with van der Waals surface area (Å²) >= 11 is 3.49. The van der Waals surface area contributed by atoms with Gasteiger partial charge in [-0.2, -0.15) is 0 Å². The maximum atomic E-state index is 12.1. The summed E-state index contributed by atoms with van der Waals surface area (Å²) in [5.74, 6) is -1.17. The Hall–Kier alpha value is -1.56. The van der Waals surface area contributed by atoms with Gasteiger partial charge in [0.25, 0.3) is 0 Å². The van der Waals surface area contributed by atoms with Crippen molar-refractivity contribution in [1.82, 2.24) is 4.90 Å². The third-order valence-electron chi connectivity index (χ3n) is 3.98. The molecule has 0 bridgehead atoms. The maximum absolute atomic E-state index is 12.1. The topological polar surface area (TPSA) is 69.6 Å². The standard InChI is InChI=1S/C15H19BrN2O3/c1-8-4-12(5-9(2)13(8)16)17-15(21)18-6-11(7-18)10(3)14(19)20/h4-5,10-11H,6-7H2,1-3H3,(H,17,21)(H,19,20). The smallest absolute Gasteiger partial charge is 0.321 e. The molecule has 0 aliphatic carbocycles. The molecule has 1 aliphatic heterocycles. The van der Waals surface area contributed by atoms with Gasteiger partial charge in [-0.05, 0) is 37.1 Å². The fourth-order valence-electron chi connectivity index (χ4n) is 2.42. The number of benzene rings is 1. The molecule has 1 heterocycles. The Labute approximate surface area is 132 Å². The van der Waals surface area contributed by atoms with E-state index in [1.807, 2.05) is 26.0 Å². The second kappa shape index (κ2) is 6.05. The molecule has 2 amide bonds. The molecular weight excluding hydrogens is 336 g/mol. The number of hydrogen-bond acceptors (Lipinski definition) is 2. The SMILES string of the molecule is Cc1cc(NC(=O)N2CC(C(C)C(=O)O)C2)cc(C)c1Br. The highest BCUT2D eigenvalue weighted by Crippen LogP contribution is 2.27. The van der Waals surface area contributed by atoms with Crippen LogP contribution in [-0.2, 0) is 4.79 Å². The van der Waals surface area contributed by atoms with Crippen molar-refractivity contribution in [3.05, 3.63) is 27.7 Å². The summed E-state index contributed by atoms with van der Waals surface area (Å²) in [5, 5.41) is 11.8. The van der Waals surface area contributed by atoms with Gasteiger partial charge in [0.15, 0.2) is 0 Å². The largest absolute Gasteiger partial charge is 0.481 e. The molecular formula is C15H19BrN2O3. The van der Waals surface area contributed by atoms with Gasteiger partial charge in [-0.1, -0.05) is 22.9 Å². The first-order valence-electron chi connectivity index (χ1n) is 6.85. The summed E-state index contributed by atoms with van der Waals surface area (Å²) in [7, 11) is 0. The van der Waals surface area contributed by atoms with Crippen molar-refractivity contribution in [2.24, 2.45) is 11.8 Å². The number of nitrogens with zero attached hydrogens (tertiary/aromatic N) is 1. The lowest BCUT2D eigenvalue weighted by Gasteiger charge is -2.41. The predicted molar refractivity (Wildman–Crippen MR) is 84.5 cm³/mol. The van der Waals surface area contributed by atoms with Gasteiger partial charge < -0.3 is 15.3 Å². The summed E-state index contributed by atoms with van der Waals surface area (Å²) in [6.45, 7) is 6.62. The number of rotatable bonds is 3. The lowest BCUT2D eigenvalue weighted by atomic mass is 9.87. The minimum absolute atomic E-state index is 0.0432. The van der Waals surface area contributed by atoms with Gasteiger partial charge >= 0.3 is 12.0 Å². The van der Waals surface area contributed by atoms with Crippen LogP contribution in [0, 0.1) is 25.7 Å². The number of amides is 2. The van der Waals surface area contributed by atoms with Crippen LogP contribution in [-0.4, -0.2) is 35.1 Å².